The standard InChI is InChI=1S/C26H34FN6O8P/c1-16(25(36)39-18-10-11-32(2)12-18)31-42(37,41-17-6-4-3-5-7-17)38-14-26(13-27)23(35)21(34)22(40-26)19-8-9-20-24(28)29-15-30-33(19)20/h3-9,15-16,18,21-23,34-35H,10-14H2,1-2H3,(H,31,37)(H2,28,29,30)/t16-,18?,21+,22+,23+,26-,42?/m1/s1. The van der Waals surface area contributed by atoms with Crippen LogP contribution in [0.5, 0.6) is 5.75 Å². The van der Waals surface area contributed by atoms with Crippen LogP contribution in [0, 0.1) is 0 Å². The molecule has 0 radical (unpaired) electrons. The number of nitrogen functional groups attached to an aromatic ring is 1. The first-order valence-corrected chi connectivity index (χ1v) is 14.9. The molecule has 2 fully saturated rings. The van der Waals surface area contributed by atoms with Gasteiger partial charge in [-0.1, -0.05) is 18.2 Å². The van der Waals surface area contributed by atoms with E-state index in [0.29, 0.717) is 18.5 Å². The zero-order valence-corrected chi connectivity index (χ0v) is 24.0. The van der Waals surface area contributed by atoms with E-state index in [1.807, 2.05) is 11.9 Å². The van der Waals surface area contributed by atoms with Crippen molar-refractivity contribution in [2.45, 2.75) is 49.4 Å². The minimum atomic E-state index is -4.43. The van der Waals surface area contributed by atoms with Crippen LogP contribution in [-0.4, -0.2) is 99.1 Å². The third-order valence-electron chi connectivity index (χ3n) is 7.35. The van der Waals surface area contributed by atoms with Gasteiger partial charge in [0.25, 0.3) is 0 Å². The minimum Gasteiger partial charge on any atom is -0.460 e. The summed E-state index contributed by atoms with van der Waals surface area (Å²) >= 11 is 0. The van der Waals surface area contributed by atoms with Crippen molar-refractivity contribution in [1.82, 2.24) is 24.6 Å². The number of hydrogen-bond acceptors (Lipinski definition) is 12. The molecule has 5 rings (SSSR count). The van der Waals surface area contributed by atoms with E-state index in [0.717, 1.165) is 6.54 Å². The fourth-order valence-corrected chi connectivity index (χ4v) is 6.56. The maximum absolute atomic E-state index is 14.7. The molecule has 14 nitrogen and oxygen atoms in total. The summed E-state index contributed by atoms with van der Waals surface area (Å²) in [5.41, 5.74) is 4.43. The minimum absolute atomic E-state index is 0.142. The number of aliphatic hydroxyl groups is 2. The van der Waals surface area contributed by atoms with Gasteiger partial charge in [-0.15, -0.1) is 0 Å². The van der Waals surface area contributed by atoms with Gasteiger partial charge in [0.05, 0.1) is 12.3 Å². The first-order chi connectivity index (χ1) is 20.0. The molecule has 0 amide bonds. The maximum atomic E-state index is 14.7. The average molecular weight is 609 g/mol. The quantitative estimate of drug-likeness (QED) is 0.180. The lowest BCUT2D eigenvalue weighted by molar-refractivity contribution is -0.150. The highest BCUT2D eigenvalue weighted by molar-refractivity contribution is 7.52. The second-order valence-electron chi connectivity index (χ2n) is 10.5. The SMILES string of the molecule is C[C@@H](NP(=O)(OC[C@@]1(CF)O[C@@H](c2ccc3c(N)ncnn23)[C@H](O)[C@@H]1O)Oc1ccccc1)C(=O)OC1CCN(C)C1. The highest BCUT2D eigenvalue weighted by Crippen LogP contribution is 2.48. The second kappa shape index (κ2) is 12.2. The number of carbonyl (C=O) groups excluding carboxylic acids is 1. The molecule has 2 aliphatic heterocycles. The third-order valence-corrected chi connectivity index (χ3v) is 8.97. The van der Waals surface area contributed by atoms with E-state index in [9.17, 15) is 24.0 Å². The van der Waals surface area contributed by atoms with Gasteiger partial charge in [0.1, 0.15) is 60.3 Å². The van der Waals surface area contributed by atoms with Gasteiger partial charge in [-0.2, -0.15) is 10.2 Å². The summed E-state index contributed by atoms with van der Waals surface area (Å²) in [4.78, 5) is 18.7. The Bertz CT molecular complexity index is 1450. The molecule has 0 bridgehead atoms. The number of alkyl halides is 1. The van der Waals surface area contributed by atoms with Crippen molar-refractivity contribution < 1.29 is 42.5 Å². The molecule has 0 aliphatic carbocycles. The Labute approximate surface area is 241 Å². The first-order valence-electron chi connectivity index (χ1n) is 13.4. The fourth-order valence-electron chi connectivity index (χ4n) is 5.01. The predicted octanol–water partition coefficient (Wildman–Crippen LogP) is 1.24. The van der Waals surface area contributed by atoms with Crippen molar-refractivity contribution in [1.29, 1.82) is 0 Å². The molecular weight excluding hydrogens is 574 g/mol. The number of anilines is 1. The van der Waals surface area contributed by atoms with E-state index in [1.165, 1.54) is 29.9 Å². The summed E-state index contributed by atoms with van der Waals surface area (Å²) in [5.74, 6) is -0.365. The van der Waals surface area contributed by atoms with Crippen molar-refractivity contribution in [2.24, 2.45) is 0 Å². The number of likely N-dealkylation sites (tertiary alicyclic amines) is 1. The van der Waals surface area contributed by atoms with E-state index >= 15 is 0 Å². The van der Waals surface area contributed by atoms with E-state index in [-0.39, 0.29) is 23.4 Å². The van der Waals surface area contributed by atoms with Gasteiger partial charge in [-0.3, -0.25) is 9.32 Å². The topological polar surface area (TPSA) is 183 Å². The molecule has 16 heteroatoms. The van der Waals surface area contributed by atoms with E-state index in [1.54, 1.807) is 30.3 Å². The summed E-state index contributed by atoms with van der Waals surface area (Å²) in [6, 6.07) is 10.0. The van der Waals surface area contributed by atoms with Crippen LogP contribution in [0.4, 0.5) is 10.2 Å². The summed E-state index contributed by atoms with van der Waals surface area (Å²) in [6.07, 6.45) is -3.12. The number of halogens is 1. The number of hydrogen-bond donors (Lipinski definition) is 4. The van der Waals surface area contributed by atoms with Crippen LogP contribution in [0.3, 0.4) is 0 Å². The van der Waals surface area contributed by atoms with Crippen molar-refractivity contribution in [2.75, 3.05) is 39.2 Å². The van der Waals surface area contributed by atoms with E-state index < -0.39 is 57.0 Å². The average Bonchev–Trinajstić information content (AvgIpc) is 3.65. The van der Waals surface area contributed by atoms with Crippen molar-refractivity contribution in [3.63, 3.8) is 0 Å². The Hall–Kier alpha value is -3.17. The van der Waals surface area contributed by atoms with Crippen molar-refractivity contribution in [3.8, 4) is 5.75 Å². The number of esters is 1. The number of para-hydroxylation sites is 1. The molecule has 2 saturated heterocycles. The number of nitrogens with two attached hydrogens (primary N) is 1. The van der Waals surface area contributed by atoms with Crippen LogP contribution in [0.15, 0.2) is 48.8 Å². The Kier molecular flexibility index (Phi) is 8.81. The van der Waals surface area contributed by atoms with Gasteiger partial charge in [-0.05, 0) is 44.7 Å². The maximum Gasteiger partial charge on any atom is 0.459 e. The normalized spacial score (nSPS) is 28.5. The fraction of sp³-hybridized carbons (Fsp3) is 0.500. The van der Waals surface area contributed by atoms with E-state index in [4.69, 9.17) is 24.3 Å². The van der Waals surface area contributed by atoms with Crippen LogP contribution < -0.4 is 15.3 Å². The first kappa shape index (κ1) is 30.3. The molecule has 228 valence electrons. The van der Waals surface area contributed by atoms with Crippen molar-refractivity contribution in [3.05, 3.63) is 54.5 Å². The van der Waals surface area contributed by atoms with Crippen LogP contribution in [0.1, 0.15) is 25.1 Å². The largest absolute Gasteiger partial charge is 0.460 e. The van der Waals surface area contributed by atoms with Crippen molar-refractivity contribution >= 4 is 25.1 Å². The van der Waals surface area contributed by atoms with Gasteiger partial charge < -0.3 is 34.8 Å². The molecule has 2 unspecified atom stereocenters. The summed E-state index contributed by atoms with van der Waals surface area (Å²) in [5, 5.41) is 28.5. The Morgan fingerprint density at radius 2 is 2.07 bits per heavy atom. The highest BCUT2D eigenvalue weighted by atomic mass is 31.2. The number of carbonyl (C=O) groups is 1. The lowest BCUT2D eigenvalue weighted by Gasteiger charge is -2.31. The molecule has 2 aliphatic rings. The zero-order valence-electron chi connectivity index (χ0n) is 23.1. The third kappa shape index (κ3) is 6.13. The van der Waals surface area contributed by atoms with Gasteiger partial charge in [0.15, 0.2) is 5.82 Å². The number of benzene rings is 1. The summed E-state index contributed by atoms with van der Waals surface area (Å²) in [6.45, 7) is 0.645. The number of aromatic nitrogens is 3. The number of aliphatic hydroxyl groups excluding tert-OH is 2. The Balaban J connectivity index is 1.35. The summed E-state index contributed by atoms with van der Waals surface area (Å²) in [7, 11) is -2.52. The molecule has 1 aromatic carbocycles. The molecule has 5 N–H and O–H groups in total. The van der Waals surface area contributed by atoms with Crippen LogP contribution in [-0.2, 0) is 23.4 Å². The molecular formula is C26H34FN6O8P. The molecule has 0 saturated carbocycles. The van der Waals surface area contributed by atoms with Crippen LogP contribution in [0.25, 0.3) is 5.52 Å². The number of nitrogens with one attached hydrogen (secondary N) is 1. The lowest BCUT2D eigenvalue weighted by Crippen LogP contribution is -2.49. The molecule has 4 heterocycles. The molecule has 0 spiro atoms. The molecule has 42 heavy (non-hydrogen) atoms. The van der Waals surface area contributed by atoms with Crippen LogP contribution in [0.2, 0.25) is 0 Å². The number of fused-ring (bicyclic) bond motifs is 1. The van der Waals surface area contributed by atoms with Gasteiger partial charge in [0, 0.05) is 13.1 Å². The van der Waals surface area contributed by atoms with Gasteiger partial charge in [-0.25, -0.2) is 18.5 Å². The van der Waals surface area contributed by atoms with Crippen LogP contribution >= 0.6 is 7.75 Å². The molecule has 3 aromatic rings. The second-order valence-corrected chi connectivity index (χ2v) is 12.2. The van der Waals surface area contributed by atoms with E-state index in [2.05, 4.69) is 15.2 Å². The number of rotatable bonds is 11. The Morgan fingerprint density at radius 3 is 2.76 bits per heavy atom. The molecule has 2 aromatic heterocycles. The predicted molar refractivity (Wildman–Crippen MR) is 147 cm³/mol. The highest BCUT2D eigenvalue weighted by Gasteiger charge is 2.57. The van der Waals surface area contributed by atoms with Gasteiger partial charge in [0.2, 0.25) is 0 Å². The number of likely N-dealkylation sites (N-methyl/N-ethyl adjacent to an activating group) is 1. The lowest BCUT2D eigenvalue weighted by atomic mass is 9.96. The van der Waals surface area contributed by atoms with Gasteiger partial charge >= 0.3 is 13.7 Å². The zero-order chi connectivity index (χ0) is 30.1. The number of nitrogens with zero attached hydrogens (tertiary/aromatic N) is 4. The Morgan fingerprint density at radius 1 is 1.31 bits per heavy atom. The number of ether oxygens (including phenoxy) is 2. The summed E-state index contributed by atoms with van der Waals surface area (Å²) < 4.78 is 52.7. The smallest absolute Gasteiger partial charge is 0.459 e. The molecule has 7 atom stereocenters. The monoisotopic (exact) mass is 608 g/mol.